The van der Waals surface area contributed by atoms with E-state index in [2.05, 4.69) is 105 Å². The minimum Gasteiger partial charge on any atom is -0.495 e. The lowest BCUT2D eigenvalue weighted by Crippen LogP contribution is -2.62. The molecule has 2 aromatic rings. The molecule has 9 unspecified atom stereocenters. The number of carbonyl (C=O) groups excluding carboxylic acids is 1. The molecule has 3 saturated carbocycles. The zero-order chi connectivity index (χ0) is 48.0. The number of methoxy groups -OCH3 is 1. The molecule has 0 bridgehead atoms. The van der Waals surface area contributed by atoms with Gasteiger partial charge in [-0.25, -0.2) is 21.7 Å². The van der Waals surface area contributed by atoms with Gasteiger partial charge in [0.1, 0.15) is 29.8 Å². The molecule has 9 aliphatic rings. The van der Waals surface area contributed by atoms with E-state index >= 15 is 0 Å². The maximum Gasteiger partial charge on any atom is 0.238 e. The highest BCUT2D eigenvalue weighted by Crippen LogP contribution is 2.63. The monoisotopic (exact) mass is 977 g/mol. The van der Waals surface area contributed by atoms with Crippen molar-refractivity contribution >= 4 is 23.4 Å². The summed E-state index contributed by atoms with van der Waals surface area (Å²) in [6.07, 6.45) is 19.8. The number of hydrogen-bond donors (Lipinski definition) is 6. The van der Waals surface area contributed by atoms with Crippen LogP contribution in [-0.4, -0.2) is 114 Å². The van der Waals surface area contributed by atoms with Gasteiger partial charge < -0.3 is 19.5 Å². The van der Waals surface area contributed by atoms with Crippen molar-refractivity contribution in [3.63, 3.8) is 0 Å². The lowest BCUT2D eigenvalue weighted by Gasteiger charge is -2.50. The van der Waals surface area contributed by atoms with Crippen LogP contribution in [0.2, 0.25) is 0 Å². The van der Waals surface area contributed by atoms with E-state index in [0.717, 1.165) is 71.2 Å². The smallest absolute Gasteiger partial charge is 0.238 e. The highest BCUT2D eigenvalue weighted by atomic mass is 32.2. The van der Waals surface area contributed by atoms with Gasteiger partial charge in [0.25, 0.3) is 0 Å². The molecule has 5 saturated heterocycles. The zero-order valence-electron chi connectivity index (χ0n) is 42.2. The lowest BCUT2D eigenvalue weighted by atomic mass is 9.58. The van der Waals surface area contributed by atoms with Gasteiger partial charge in [-0.1, -0.05) is 57.4 Å². The van der Waals surface area contributed by atoms with Gasteiger partial charge in [-0.3, -0.25) is 24.9 Å². The lowest BCUT2D eigenvalue weighted by molar-refractivity contribution is -0.125. The third-order valence-electron chi connectivity index (χ3n) is 19.0. The summed E-state index contributed by atoms with van der Waals surface area (Å²) in [5, 5.41) is 17.2. The molecule has 11 rings (SSSR count). The number of aliphatic imine (C=N–C) groups is 1. The fourth-order valence-electron chi connectivity index (χ4n) is 14.9. The Balaban J connectivity index is 0.697. The average molecular weight is 977 g/mol. The van der Waals surface area contributed by atoms with Gasteiger partial charge in [-0.05, 0) is 137 Å². The van der Waals surface area contributed by atoms with Crippen LogP contribution in [0.25, 0.3) is 0 Å². The van der Waals surface area contributed by atoms with E-state index in [1.807, 2.05) is 6.07 Å². The normalized spacial score (nSPS) is 39.4. The Morgan fingerprint density at radius 2 is 1.73 bits per heavy atom. The fourth-order valence-corrected chi connectivity index (χ4v) is 17.0. The predicted octanol–water partition coefficient (Wildman–Crippen LogP) is 7.26. The predicted molar refractivity (Wildman–Crippen MR) is 275 cm³/mol. The van der Waals surface area contributed by atoms with Crippen LogP contribution in [0.15, 0.2) is 47.5 Å². The van der Waals surface area contributed by atoms with Crippen molar-refractivity contribution in [3.8, 4) is 17.6 Å². The van der Waals surface area contributed by atoms with Crippen LogP contribution in [0.3, 0.4) is 0 Å². The van der Waals surface area contributed by atoms with E-state index < -0.39 is 0 Å². The van der Waals surface area contributed by atoms with E-state index in [4.69, 9.17) is 19.2 Å². The highest BCUT2D eigenvalue weighted by molar-refractivity contribution is 8.00. The maximum atomic E-state index is 13.4. The van der Waals surface area contributed by atoms with Gasteiger partial charge in [0.05, 0.1) is 61.0 Å². The first-order valence-electron chi connectivity index (χ1n) is 27.4. The van der Waals surface area contributed by atoms with Crippen molar-refractivity contribution in [2.24, 2.45) is 27.7 Å². The summed E-state index contributed by atoms with van der Waals surface area (Å²) in [5.74, 6) is 3.05. The molecule has 3 aliphatic carbocycles. The molecule has 0 radical (unpaired) electrons. The molecule has 10 atom stereocenters. The number of nitrogens with one attached hydrogen (secondary N) is 6. The van der Waals surface area contributed by atoms with E-state index in [0.29, 0.717) is 50.9 Å². The van der Waals surface area contributed by atoms with Crippen LogP contribution in [0.1, 0.15) is 153 Å². The third kappa shape index (κ3) is 9.45. The van der Waals surface area contributed by atoms with Crippen LogP contribution >= 0.6 is 11.8 Å². The molecule has 0 aromatic heterocycles. The number of nitriles is 1. The van der Waals surface area contributed by atoms with Gasteiger partial charge in [0.2, 0.25) is 5.91 Å². The number of nitrogens with zero attached hydrogens (tertiary/aromatic N) is 4. The Hall–Kier alpha value is -3.30. The summed E-state index contributed by atoms with van der Waals surface area (Å²) >= 11 is 2.22. The number of hydrogen-bond acceptors (Lipinski definition) is 14. The quantitative estimate of drug-likeness (QED) is 0.134. The van der Waals surface area contributed by atoms with Crippen molar-refractivity contribution in [3.05, 3.63) is 59.2 Å². The molecule has 15 heteroatoms. The molecule has 6 heterocycles. The molecular weight excluding hydrogens is 897 g/mol. The number of fused-ring (bicyclic) bond motifs is 3. The molecule has 70 heavy (non-hydrogen) atoms. The van der Waals surface area contributed by atoms with Crippen molar-refractivity contribution in [2.75, 3.05) is 33.4 Å². The molecule has 2 aromatic carbocycles. The Kier molecular flexibility index (Phi) is 14.6. The van der Waals surface area contributed by atoms with E-state index in [-0.39, 0.29) is 60.3 Å². The third-order valence-corrected chi connectivity index (χ3v) is 20.7. The number of benzene rings is 2. The molecule has 6 N–H and O–H groups in total. The van der Waals surface area contributed by atoms with E-state index in [1.54, 1.807) is 19.2 Å². The Bertz CT molecular complexity index is 2210. The van der Waals surface area contributed by atoms with Crippen LogP contribution in [0.5, 0.6) is 11.5 Å². The first kappa shape index (κ1) is 48.9. The molecule has 380 valence electrons. The number of ether oxygens (including phenoxy) is 3. The second-order valence-corrected chi connectivity index (χ2v) is 24.3. The number of thioether (sulfide) groups is 1. The van der Waals surface area contributed by atoms with Gasteiger partial charge in [0, 0.05) is 48.8 Å². The SMILES string of the molecule is COc1cc(OC2CCC(NC(=O)C3CCC(N4CCC5(CCC(c6ccc(C7=N[C@@H](CC8NCCO8)C8NNC(C)N8C8SC(C)C(C)C78C7CCCCC7)cc6)CC5)C4)NN3)CC2)ccc1C#N. The summed E-state index contributed by atoms with van der Waals surface area (Å²) < 4.78 is 17.8. The molecule has 1 spiro atoms. The molecule has 8 fully saturated rings. The minimum atomic E-state index is -0.228. The number of likely N-dealkylation sites (tertiary alicyclic amines) is 1. The Morgan fingerprint density at radius 1 is 0.929 bits per heavy atom. The Labute approximate surface area is 421 Å². The number of hydrazine groups is 2. The number of rotatable bonds is 11. The van der Waals surface area contributed by atoms with Crippen molar-refractivity contribution in [2.45, 2.75) is 195 Å². The molecular formula is C55H80N10O4S. The molecule has 6 aliphatic heterocycles. The van der Waals surface area contributed by atoms with Crippen molar-refractivity contribution in [1.29, 1.82) is 5.26 Å². The van der Waals surface area contributed by atoms with Crippen LogP contribution in [0, 0.1) is 34.0 Å². The van der Waals surface area contributed by atoms with Gasteiger partial charge in [-0.15, -0.1) is 11.8 Å². The van der Waals surface area contributed by atoms with Crippen LogP contribution in [-0.2, 0) is 9.53 Å². The first-order valence-corrected chi connectivity index (χ1v) is 28.4. The van der Waals surface area contributed by atoms with Gasteiger partial charge in [-0.2, -0.15) is 5.26 Å². The largest absolute Gasteiger partial charge is 0.495 e. The van der Waals surface area contributed by atoms with Crippen molar-refractivity contribution < 1.29 is 19.0 Å². The number of amides is 1. The van der Waals surface area contributed by atoms with Crippen molar-refractivity contribution in [1.82, 2.24) is 42.1 Å². The fraction of sp³-hybridized carbons (Fsp3) is 0.727. The minimum absolute atomic E-state index is 0.0330. The summed E-state index contributed by atoms with van der Waals surface area (Å²) in [6.45, 7) is 11.3. The van der Waals surface area contributed by atoms with Crippen LogP contribution < -0.4 is 41.8 Å². The maximum absolute atomic E-state index is 13.4. The van der Waals surface area contributed by atoms with E-state index in [9.17, 15) is 10.1 Å². The first-order chi connectivity index (χ1) is 34.1. The summed E-state index contributed by atoms with van der Waals surface area (Å²) in [7, 11) is 1.57. The molecule has 14 nitrogen and oxygen atoms in total. The summed E-state index contributed by atoms with van der Waals surface area (Å²) in [6, 6.07) is 17.5. The standard InChI is InChI=1S/C55H80N10O4S/c1-34-35(2)70-53-55(34,41-8-6-5-7-9-41)50(59-46(31-49-57-27-29-68-49)51-63-60-36(3)65(51)53)39-12-10-37(11-13-39)38-22-24-54(25-23-38)26-28-64(33-54)48-21-20-45(61-62-48)52(66)58-42-15-18-43(19-16-42)69-44-17-14-40(32-56)47(30-44)67-4/h10-14,17,30,34-36,38,41-43,45-46,48-49,51,53,57,60-63H,5-9,15-16,18-29,31,33H2,1-4H3,(H,58,66)/t34?,35?,36?,38?,42?,43?,45?,46-,48?,49?,51?,53?,54?,55?/m0/s1. The Morgan fingerprint density at radius 3 is 2.44 bits per heavy atom. The van der Waals surface area contributed by atoms with Gasteiger partial charge >= 0.3 is 0 Å². The topological polar surface area (TPSA) is 160 Å². The molecule has 1 amide bonds. The second kappa shape index (κ2) is 20.9. The van der Waals surface area contributed by atoms with Crippen LogP contribution in [0.4, 0.5) is 0 Å². The average Bonchev–Trinajstić information content (AvgIpc) is 4.20. The van der Waals surface area contributed by atoms with E-state index in [1.165, 1.54) is 81.0 Å². The zero-order valence-corrected chi connectivity index (χ0v) is 43.0. The highest BCUT2D eigenvalue weighted by Gasteiger charge is 2.65. The summed E-state index contributed by atoms with van der Waals surface area (Å²) in [5.41, 5.74) is 19.5. The van der Waals surface area contributed by atoms with Gasteiger partial charge in [0.15, 0.2) is 0 Å². The summed E-state index contributed by atoms with van der Waals surface area (Å²) in [4.78, 5) is 25.0. The second-order valence-electron chi connectivity index (χ2n) is 22.8. The number of carbonyl (C=O) groups is 1.